The average Bonchev–Trinajstić information content (AvgIpc) is 3.27. The number of methoxy groups -OCH3 is 2. The highest BCUT2D eigenvalue weighted by atomic mass is 32.1. The molecule has 0 aliphatic rings. The number of thiol groups is 1. The van der Waals surface area contributed by atoms with E-state index in [9.17, 15) is 10.2 Å². The fourth-order valence-corrected chi connectivity index (χ4v) is 3.58. The predicted molar refractivity (Wildman–Crippen MR) is 129 cm³/mol. The molecule has 9 nitrogen and oxygen atoms in total. The molecular formula is C23H25N5O4S. The molecule has 0 bridgehead atoms. The number of aryl methyl sites for hydroxylation is 1. The van der Waals surface area contributed by atoms with Gasteiger partial charge in [-0.15, -0.1) is 12.6 Å². The summed E-state index contributed by atoms with van der Waals surface area (Å²) in [5.41, 5.74) is 4.35. The number of benzene rings is 2. The molecule has 33 heavy (non-hydrogen) atoms. The van der Waals surface area contributed by atoms with E-state index in [1.54, 1.807) is 37.4 Å². The molecule has 2 heterocycles. The smallest absolute Gasteiger partial charge is 0.148 e. The van der Waals surface area contributed by atoms with E-state index in [-0.39, 0.29) is 6.54 Å². The first-order valence-corrected chi connectivity index (χ1v) is 10.6. The third kappa shape index (κ3) is 5.03. The highest BCUT2D eigenvalue weighted by molar-refractivity contribution is 7.81. The number of anilines is 2. The van der Waals surface area contributed by atoms with Crippen LogP contribution in [0.1, 0.15) is 0 Å². The summed E-state index contributed by atoms with van der Waals surface area (Å²) >= 11 is 4.23. The van der Waals surface area contributed by atoms with Gasteiger partial charge in [-0.1, -0.05) is 0 Å². The van der Waals surface area contributed by atoms with Gasteiger partial charge in [-0.05, 0) is 18.2 Å². The van der Waals surface area contributed by atoms with Gasteiger partial charge in [0.1, 0.15) is 16.4 Å². The molecule has 4 rings (SSSR count). The van der Waals surface area contributed by atoms with Crippen LogP contribution in [0.4, 0.5) is 11.4 Å². The summed E-state index contributed by atoms with van der Waals surface area (Å²) in [6.45, 7) is -0.545. The van der Waals surface area contributed by atoms with E-state index in [0.717, 1.165) is 16.8 Å². The maximum Gasteiger partial charge on any atom is 0.148 e. The van der Waals surface area contributed by atoms with Crippen LogP contribution in [0.5, 0.6) is 11.5 Å². The lowest BCUT2D eigenvalue weighted by molar-refractivity contribution is 0.0739. The minimum Gasteiger partial charge on any atom is -0.497 e. The number of rotatable bonds is 8. The number of nitrogens with zero attached hydrogens (tertiary/aromatic N) is 5. The average molecular weight is 468 g/mol. The van der Waals surface area contributed by atoms with E-state index >= 15 is 0 Å². The molecule has 0 saturated carbocycles. The molecular weight excluding hydrogens is 442 g/mol. The van der Waals surface area contributed by atoms with Gasteiger partial charge in [0.15, 0.2) is 0 Å². The van der Waals surface area contributed by atoms with Crippen LogP contribution in [0.2, 0.25) is 0 Å². The second kappa shape index (κ2) is 9.26. The number of hydrogen-bond donors (Lipinski definition) is 3. The standard InChI is InChI=1S/C23H25N5O4S/c1-27-12-15(10-25-27)22-11-24-20-5-4-16(8-21(20)26-22)28(13-23(30,33)14-29)17-6-18(31-2)9-19(7-17)32-3/h4-12,29-30,33H,13-14H2,1-3H3/t23-/m0/s1. The largest absolute Gasteiger partial charge is 0.497 e. The molecule has 2 aromatic carbocycles. The molecule has 1 atom stereocenters. The molecule has 0 radical (unpaired) electrons. The Morgan fingerprint density at radius 3 is 2.36 bits per heavy atom. The summed E-state index contributed by atoms with van der Waals surface area (Å²) in [6.07, 6.45) is 5.32. The molecule has 0 aliphatic carbocycles. The quantitative estimate of drug-likeness (QED) is 0.268. The summed E-state index contributed by atoms with van der Waals surface area (Å²) in [5.74, 6) is 1.17. The molecule has 0 amide bonds. The van der Waals surface area contributed by atoms with Crippen LogP contribution in [0.3, 0.4) is 0 Å². The lowest BCUT2D eigenvalue weighted by Gasteiger charge is -2.32. The third-order valence-corrected chi connectivity index (χ3v) is 5.43. The predicted octanol–water partition coefficient (Wildman–Crippen LogP) is 2.80. The Hall–Kier alpha value is -3.34. The zero-order valence-corrected chi connectivity index (χ0v) is 19.4. The number of aromatic nitrogens is 4. The summed E-state index contributed by atoms with van der Waals surface area (Å²) in [5, 5.41) is 24.4. The number of aliphatic hydroxyl groups is 2. The van der Waals surface area contributed by atoms with Crippen LogP contribution in [-0.4, -0.2) is 62.3 Å². The van der Waals surface area contributed by atoms with Gasteiger partial charge in [0, 0.05) is 48.4 Å². The van der Waals surface area contributed by atoms with Crippen molar-refractivity contribution in [3.63, 3.8) is 0 Å². The van der Waals surface area contributed by atoms with Gasteiger partial charge in [0.25, 0.3) is 0 Å². The van der Waals surface area contributed by atoms with Crippen molar-refractivity contribution < 1.29 is 19.7 Å². The maximum atomic E-state index is 10.6. The van der Waals surface area contributed by atoms with Crippen molar-refractivity contribution in [3.8, 4) is 22.8 Å². The number of aliphatic hydroxyl groups excluding tert-OH is 1. The first-order chi connectivity index (χ1) is 15.8. The lowest BCUT2D eigenvalue weighted by atomic mass is 10.1. The van der Waals surface area contributed by atoms with Crippen LogP contribution in [-0.2, 0) is 7.05 Å². The Morgan fingerprint density at radius 2 is 1.76 bits per heavy atom. The minimum absolute atomic E-state index is 0.00976. The fraction of sp³-hybridized carbons (Fsp3) is 0.261. The Bertz CT molecular complexity index is 1250. The highest BCUT2D eigenvalue weighted by Crippen LogP contribution is 2.35. The van der Waals surface area contributed by atoms with Crippen LogP contribution in [0.25, 0.3) is 22.3 Å². The zero-order chi connectivity index (χ0) is 23.6. The van der Waals surface area contributed by atoms with E-state index in [1.165, 1.54) is 0 Å². The maximum absolute atomic E-state index is 10.6. The van der Waals surface area contributed by atoms with Crippen molar-refractivity contribution in [2.75, 3.05) is 32.3 Å². The fourth-order valence-electron chi connectivity index (χ4n) is 3.44. The monoisotopic (exact) mass is 467 g/mol. The molecule has 2 N–H and O–H groups in total. The number of hydrogen-bond acceptors (Lipinski definition) is 9. The van der Waals surface area contributed by atoms with Gasteiger partial charge < -0.3 is 24.6 Å². The van der Waals surface area contributed by atoms with Gasteiger partial charge in [-0.25, -0.2) is 4.98 Å². The molecule has 10 heteroatoms. The van der Waals surface area contributed by atoms with Gasteiger partial charge in [0.2, 0.25) is 0 Å². The Morgan fingerprint density at radius 1 is 1.03 bits per heavy atom. The Kier molecular flexibility index (Phi) is 6.41. The van der Waals surface area contributed by atoms with Gasteiger partial charge >= 0.3 is 0 Å². The first kappa shape index (κ1) is 22.8. The zero-order valence-electron chi connectivity index (χ0n) is 18.5. The van der Waals surface area contributed by atoms with Gasteiger partial charge in [-0.3, -0.25) is 9.67 Å². The molecule has 0 unspecified atom stereocenters. The molecule has 0 aliphatic heterocycles. The Labute approximate surface area is 196 Å². The third-order valence-electron chi connectivity index (χ3n) is 5.15. The normalized spacial score (nSPS) is 13.0. The molecule has 0 spiro atoms. The second-order valence-electron chi connectivity index (χ2n) is 7.63. The number of fused-ring (bicyclic) bond motifs is 1. The van der Waals surface area contributed by atoms with E-state index in [4.69, 9.17) is 14.5 Å². The van der Waals surface area contributed by atoms with Gasteiger partial charge in [-0.2, -0.15) is 5.10 Å². The molecule has 172 valence electrons. The van der Waals surface area contributed by atoms with E-state index in [0.29, 0.717) is 28.4 Å². The topological polar surface area (TPSA) is 106 Å². The summed E-state index contributed by atoms with van der Waals surface area (Å²) in [4.78, 5) is 9.43. The SMILES string of the molecule is COc1cc(OC)cc(N(C[C@](O)(S)CO)c2ccc3ncc(-c4cnn(C)c4)nc3c2)c1. The van der Waals surface area contributed by atoms with Crippen LogP contribution < -0.4 is 14.4 Å². The van der Waals surface area contributed by atoms with Crippen molar-refractivity contribution in [2.24, 2.45) is 7.05 Å². The van der Waals surface area contributed by atoms with Crippen molar-refractivity contribution in [2.45, 2.75) is 4.93 Å². The minimum atomic E-state index is -1.66. The summed E-state index contributed by atoms with van der Waals surface area (Å²) < 4.78 is 12.5. The highest BCUT2D eigenvalue weighted by Gasteiger charge is 2.26. The first-order valence-electron chi connectivity index (χ1n) is 10.1. The van der Waals surface area contributed by atoms with Crippen molar-refractivity contribution in [1.29, 1.82) is 0 Å². The van der Waals surface area contributed by atoms with E-state index < -0.39 is 11.5 Å². The van der Waals surface area contributed by atoms with Crippen molar-refractivity contribution in [1.82, 2.24) is 19.7 Å². The van der Waals surface area contributed by atoms with Crippen molar-refractivity contribution >= 4 is 35.0 Å². The molecule has 4 aromatic rings. The van der Waals surface area contributed by atoms with Crippen LogP contribution in [0, 0.1) is 0 Å². The van der Waals surface area contributed by atoms with Crippen LogP contribution in [0.15, 0.2) is 55.0 Å². The lowest BCUT2D eigenvalue weighted by Crippen LogP contribution is -2.39. The van der Waals surface area contributed by atoms with E-state index in [2.05, 4.69) is 22.7 Å². The van der Waals surface area contributed by atoms with Crippen molar-refractivity contribution in [3.05, 3.63) is 55.0 Å². The molecule has 0 fully saturated rings. The second-order valence-corrected chi connectivity index (χ2v) is 8.46. The summed E-state index contributed by atoms with van der Waals surface area (Å²) in [6, 6.07) is 11.0. The van der Waals surface area contributed by atoms with Gasteiger partial charge in [0.05, 0.1) is 56.5 Å². The molecule has 2 aromatic heterocycles. The molecule has 0 saturated heterocycles. The van der Waals surface area contributed by atoms with E-state index in [1.807, 2.05) is 48.5 Å². The Balaban J connectivity index is 1.83. The summed E-state index contributed by atoms with van der Waals surface area (Å²) in [7, 11) is 4.98. The van der Waals surface area contributed by atoms with Crippen LogP contribution >= 0.6 is 12.6 Å². The number of ether oxygens (including phenoxy) is 2.